The fourth-order valence-corrected chi connectivity index (χ4v) is 14.7. The van der Waals surface area contributed by atoms with Crippen molar-refractivity contribution in [1.82, 2.24) is 0 Å². The standard InChI is InChI=1S/C35H45Si2.3ClH.Ti/c1-23-13-15-33(26(4)17-23)37(34-16-14-24(2)18-27(34)5,35(9)22-28(6)29(7)30(35)8)32-20-25(3)19-31(21-32)36(10,11)12;;;;/h13-21H,1-12H3;3*1H;/q-1;;;;+4/p-3. The minimum absolute atomic E-state index is 0. The van der Waals surface area contributed by atoms with Gasteiger partial charge in [-0.3, -0.25) is 6.08 Å². The van der Waals surface area contributed by atoms with Crippen LogP contribution < -0.4 is 58.0 Å². The SMILES string of the molecule is CC1=[C-]C(C)([Si](c2cc(C)cc([Si](C)(C)C)c2)(c2ccc(C)cc2C)c2ccc(C)cc2C)C(C)=C1C.[Cl-].[Cl-].[Cl-].[Ti+4]. The zero-order valence-corrected chi connectivity index (χ0v) is 32.7. The van der Waals surface area contributed by atoms with Gasteiger partial charge in [0.2, 0.25) is 0 Å². The summed E-state index contributed by atoms with van der Waals surface area (Å²) in [5.41, 5.74) is 11.0. The van der Waals surface area contributed by atoms with Crippen molar-refractivity contribution < 1.29 is 58.9 Å². The quantitative estimate of drug-likeness (QED) is 0.169. The van der Waals surface area contributed by atoms with Crippen molar-refractivity contribution in [3.8, 4) is 0 Å². The van der Waals surface area contributed by atoms with Gasteiger partial charge < -0.3 is 37.2 Å². The van der Waals surface area contributed by atoms with E-state index >= 15 is 0 Å². The van der Waals surface area contributed by atoms with Crippen LogP contribution in [0.4, 0.5) is 0 Å². The number of benzene rings is 3. The van der Waals surface area contributed by atoms with E-state index in [1.165, 1.54) is 60.1 Å². The summed E-state index contributed by atoms with van der Waals surface area (Å²) < 4.78 is 0. The van der Waals surface area contributed by atoms with Gasteiger partial charge in [-0.1, -0.05) is 133 Å². The molecule has 218 valence electrons. The van der Waals surface area contributed by atoms with E-state index in [1.807, 2.05) is 0 Å². The first-order valence-electron chi connectivity index (χ1n) is 13.7. The first-order chi connectivity index (χ1) is 17.1. The molecule has 0 nitrogen and oxygen atoms in total. The molecule has 0 heterocycles. The van der Waals surface area contributed by atoms with Crippen LogP contribution in [0.5, 0.6) is 0 Å². The molecular weight excluding hydrogens is 631 g/mol. The molecule has 0 saturated heterocycles. The molecule has 0 spiro atoms. The van der Waals surface area contributed by atoms with E-state index in [2.05, 4.69) is 143 Å². The zero-order chi connectivity index (χ0) is 27.5. The summed E-state index contributed by atoms with van der Waals surface area (Å²) in [6.07, 6.45) is 4.14. The zero-order valence-electron chi connectivity index (χ0n) is 26.8. The van der Waals surface area contributed by atoms with Gasteiger partial charge in [-0.25, -0.2) is 5.57 Å². The summed E-state index contributed by atoms with van der Waals surface area (Å²) in [7, 11) is -4.25. The molecule has 0 fully saturated rings. The molecule has 6 heteroatoms. The molecule has 4 rings (SSSR count). The Hall–Kier alpha value is -0.842. The van der Waals surface area contributed by atoms with Gasteiger partial charge in [0.25, 0.3) is 0 Å². The van der Waals surface area contributed by atoms with E-state index < -0.39 is 16.1 Å². The van der Waals surface area contributed by atoms with Gasteiger partial charge in [-0.15, -0.1) is 6.92 Å². The van der Waals surface area contributed by atoms with Crippen molar-refractivity contribution in [2.24, 2.45) is 0 Å². The topological polar surface area (TPSA) is 0 Å². The smallest absolute Gasteiger partial charge is 1.00 e. The molecule has 1 atom stereocenters. The van der Waals surface area contributed by atoms with Gasteiger partial charge in [0.15, 0.2) is 0 Å². The fourth-order valence-electron chi connectivity index (χ4n) is 6.78. The number of hydrogen-bond acceptors (Lipinski definition) is 0. The minimum Gasteiger partial charge on any atom is -1.00 e. The van der Waals surface area contributed by atoms with E-state index in [-0.39, 0.29) is 64.0 Å². The van der Waals surface area contributed by atoms with Crippen LogP contribution in [0, 0.1) is 40.7 Å². The third kappa shape index (κ3) is 6.80. The molecular formula is C35H45Cl3Si2Ti. The summed E-state index contributed by atoms with van der Waals surface area (Å²) in [5.74, 6) is 0. The van der Waals surface area contributed by atoms with Crippen molar-refractivity contribution in [1.29, 1.82) is 0 Å². The molecule has 0 aromatic heterocycles. The maximum atomic E-state index is 4.14. The second-order valence-electron chi connectivity index (χ2n) is 12.8. The first kappa shape index (κ1) is 40.2. The van der Waals surface area contributed by atoms with Gasteiger partial charge in [0, 0.05) is 0 Å². The Morgan fingerprint density at radius 3 is 1.39 bits per heavy atom. The molecule has 3 aromatic rings. The molecule has 1 aliphatic carbocycles. The Balaban J connectivity index is 0.00000400. The average Bonchev–Trinajstić information content (AvgIpc) is 2.99. The first-order valence-corrected chi connectivity index (χ1v) is 19.2. The molecule has 3 aromatic carbocycles. The van der Waals surface area contributed by atoms with Crippen molar-refractivity contribution in [3.63, 3.8) is 0 Å². The summed E-state index contributed by atoms with van der Waals surface area (Å²) in [6, 6.07) is 22.0. The third-order valence-corrected chi connectivity index (χ3v) is 16.9. The molecule has 0 radical (unpaired) electrons. The Kier molecular flexibility index (Phi) is 14.0. The van der Waals surface area contributed by atoms with Gasteiger partial charge in [-0.2, -0.15) is 11.1 Å². The molecule has 0 bridgehead atoms. The van der Waals surface area contributed by atoms with Crippen LogP contribution in [0.1, 0.15) is 55.5 Å². The predicted octanol–water partition coefficient (Wildman–Crippen LogP) is -1.89. The fraction of sp³-hybridized carbons (Fsp3) is 0.371. The van der Waals surface area contributed by atoms with Gasteiger partial charge >= 0.3 is 21.7 Å². The summed E-state index contributed by atoms with van der Waals surface area (Å²) >= 11 is 0. The number of halogens is 3. The molecule has 0 saturated carbocycles. The summed E-state index contributed by atoms with van der Waals surface area (Å²) in [6.45, 7) is 28.3. The second-order valence-corrected chi connectivity index (χ2v) is 22.1. The Bertz CT molecular complexity index is 1420. The van der Waals surface area contributed by atoms with Crippen LogP contribution in [-0.2, 0) is 21.7 Å². The van der Waals surface area contributed by atoms with E-state index in [4.69, 9.17) is 0 Å². The van der Waals surface area contributed by atoms with Crippen LogP contribution in [0.2, 0.25) is 24.7 Å². The monoisotopic (exact) mass is 674 g/mol. The molecule has 0 N–H and O–H groups in total. The molecule has 1 aliphatic rings. The van der Waals surface area contributed by atoms with Gasteiger partial charge in [0.05, 0.1) is 8.07 Å². The van der Waals surface area contributed by atoms with E-state index in [0.29, 0.717) is 0 Å². The molecule has 0 amide bonds. The number of rotatable bonds is 5. The van der Waals surface area contributed by atoms with Crippen molar-refractivity contribution >= 4 is 36.9 Å². The molecule has 1 unspecified atom stereocenters. The van der Waals surface area contributed by atoms with Crippen LogP contribution >= 0.6 is 0 Å². The van der Waals surface area contributed by atoms with Crippen LogP contribution in [0.25, 0.3) is 0 Å². The summed E-state index contributed by atoms with van der Waals surface area (Å²) in [5, 5.41) is 5.92. The van der Waals surface area contributed by atoms with Crippen molar-refractivity contribution in [2.45, 2.75) is 87.0 Å². The largest absolute Gasteiger partial charge is 4.00 e. The summed E-state index contributed by atoms with van der Waals surface area (Å²) in [4.78, 5) is 0. The van der Waals surface area contributed by atoms with Gasteiger partial charge in [-0.05, 0) is 50.2 Å². The predicted molar refractivity (Wildman–Crippen MR) is 170 cm³/mol. The molecule has 41 heavy (non-hydrogen) atoms. The maximum Gasteiger partial charge on any atom is 4.00 e. The normalized spacial score (nSPS) is 16.6. The van der Waals surface area contributed by atoms with E-state index in [1.54, 1.807) is 5.19 Å². The maximum absolute atomic E-state index is 4.14. The minimum atomic E-state index is -2.71. The molecule has 0 aliphatic heterocycles. The Morgan fingerprint density at radius 1 is 0.585 bits per heavy atom. The average molecular weight is 676 g/mol. The van der Waals surface area contributed by atoms with Gasteiger partial charge in [0.1, 0.15) is 8.07 Å². The van der Waals surface area contributed by atoms with E-state index in [9.17, 15) is 0 Å². The third-order valence-electron chi connectivity index (χ3n) is 9.01. The van der Waals surface area contributed by atoms with Crippen LogP contribution in [0.15, 0.2) is 71.3 Å². The van der Waals surface area contributed by atoms with E-state index in [0.717, 1.165) is 0 Å². The number of aryl methyl sites for hydroxylation is 5. The number of allylic oxidation sites excluding steroid dienone is 4. The van der Waals surface area contributed by atoms with Crippen LogP contribution in [0.3, 0.4) is 0 Å². The Labute approximate surface area is 286 Å². The van der Waals surface area contributed by atoms with Crippen molar-refractivity contribution in [2.75, 3.05) is 0 Å². The van der Waals surface area contributed by atoms with Crippen molar-refractivity contribution in [3.05, 3.63) is 105 Å². The second kappa shape index (κ2) is 14.3. The number of hydrogen-bond donors (Lipinski definition) is 0. The van der Waals surface area contributed by atoms with Crippen LogP contribution in [-0.4, -0.2) is 16.1 Å². The Morgan fingerprint density at radius 2 is 1.02 bits per heavy atom.